The Bertz CT molecular complexity index is 894. The molecule has 0 bridgehead atoms. The number of aliphatic hydroxyl groups excluding tert-OH is 1. The normalized spacial score (nSPS) is 11.2. The highest BCUT2D eigenvalue weighted by Gasteiger charge is 2.14. The van der Waals surface area contributed by atoms with E-state index < -0.39 is 4.92 Å². The Kier molecular flexibility index (Phi) is 5.59. The lowest BCUT2D eigenvalue weighted by atomic mass is 10.2. The Morgan fingerprint density at radius 2 is 2.20 bits per heavy atom. The molecule has 0 unspecified atom stereocenters. The van der Waals surface area contributed by atoms with Crippen molar-refractivity contribution in [2.75, 3.05) is 17.8 Å². The Morgan fingerprint density at radius 3 is 2.96 bits per heavy atom. The summed E-state index contributed by atoms with van der Waals surface area (Å²) in [6.45, 7) is -0.0306. The lowest BCUT2D eigenvalue weighted by Crippen LogP contribution is -1.96. The minimum Gasteiger partial charge on any atom is -0.396 e. The molecule has 0 amide bonds. The van der Waals surface area contributed by atoms with Crippen LogP contribution in [0.1, 0.15) is 5.56 Å². The number of anilines is 1. The summed E-state index contributed by atoms with van der Waals surface area (Å²) >= 11 is 2.73. The van der Waals surface area contributed by atoms with Crippen molar-refractivity contribution in [2.24, 2.45) is 5.10 Å². The third-order valence-electron chi connectivity index (χ3n) is 3.20. The molecule has 7 nitrogen and oxygen atoms in total. The van der Waals surface area contributed by atoms with Gasteiger partial charge in [0.15, 0.2) is 0 Å². The van der Waals surface area contributed by atoms with Gasteiger partial charge in [-0.05, 0) is 18.2 Å². The molecule has 0 atom stereocenters. The monoisotopic (exact) mass is 374 g/mol. The quantitative estimate of drug-likeness (QED) is 0.283. The molecule has 25 heavy (non-hydrogen) atoms. The van der Waals surface area contributed by atoms with Crippen molar-refractivity contribution in [1.82, 2.24) is 4.98 Å². The SMILES string of the molecule is O=[N+]([O-])c1cc(/C=N\Nc2nc3ccccc3s2)ccc1SCCO. The van der Waals surface area contributed by atoms with Crippen LogP contribution in [0.3, 0.4) is 0 Å². The zero-order valence-corrected chi connectivity index (χ0v) is 14.6. The van der Waals surface area contributed by atoms with E-state index >= 15 is 0 Å². The van der Waals surface area contributed by atoms with E-state index in [1.54, 1.807) is 12.1 Å². The number of para-hydroxylation sites is 1. The minimum absolute atomic E-state index is 0.00221. The molecule has 0 spiro atoms. The van der Waals surface area contributed by atoms with Crippen molar-refractivity contribution in [3.8, 4) is 0 Å². The summed E-state index contributed by atoms with van der Waals surface area (Å²) in [5, 5.41) is 24.8. The van der Waals surface area contributed by atoms with Crippen molar-refractivity contribution < 1.29 is 10.0 Å². The number of hydrogen-bond donors (Lipinski definition) is 2. The highest BCUT2D eigenvalue weighted by Crippen LogP contribution is 2.29. The molecule has 0 saturated carbocycles. The third kappa shape index (κ3) is 4.32. The highest BCUT2D eigenvalue weighted by molar-refractivity contribution is 7.99. The van der Waals surface area contributed by atoms with Crippen molar-refractivity contribution in [2.45, 2.75) is 4.90 Å². The predicted octanol–water partition coefficient (Wildman–Crippen LogP) is 3.73. The fourth-order valence-electron chi connectivity index (χ4n) is 2.12. The maximum absolute atomic E-state index is 11.2. The van der Waals surface area contributed by atoms with Crippen LogP contribution < -0.4 is 5.43 Å². The third-order valence-corrected chi connectivity index (χ3v) is 5.18. The molecule has 1 aromatic heterocycles. The average molecular weight is 374 g/mol. The summed E-state index contributed by atoms with van der Waals surface area (Å²) in [5.74, 6) is 0.410. The molecule has 0 aliphatic rings. The first-order valence-corrected chi connectivity index (χ1v) is 9.14. The summed E-state index contributed by atoms with van der Waals surface area (Å²) in [7, 11) is 0. The molecule has 128 valence electrons. The van der Waals surface area contributed by atoms with Gasteiger partial charge in [0.2, 0.25) is 5.13 Å². The number of nitrogens with one attached hydrogen (secondary N) is 1. The summed E-state index contributed by atoms with van der Waals surface area (Å²) in [4.78, 5) is 15.7. The topological polar surface area (TPSA) is 101 Å². The molecule has 9 heteroatoms. The number of nitrogens with zero attached hydrogens (tertiary/aromatic N) is 3. The Labute approximate surface area is 151 Å². The fourth-order valence-corrected chi connectivity index (χ4v) is 3.69. The molecule has 0 aliphatic carbocycles. The van der Waals surface area contributed by atoms with Crippen molar-refractivity contribution in [3.05, 3.63) is 58.1 Å². The predicted molar refractivity (Wildman–Crippen MR) is 102 cm³/mol. The standard InChI is InChI=1S/C16H14N4O3S2/c21-7-8-24-15-6-5-11(9-13(15)20(22)23)10-17-19-16-18-12-3-1-2-4-14(12)25-16/h1-6,9-10,21H,7-8H2,(H,18,19)/b17-10-. The van der Waals surface area contributed by atoms with Gasteiger partial charge < -0.3 is 5.11 Å². The maximum Gasteiger partial charge on any atom is 0.283 e. The number of nitro benzene ring substituents is 1. The van der Waals surface area contributed by atoms with Crippen LogP contribution in [0.4, 0.5) is 10.8 Å². The first-order chi connectivity index (χ1) is 12.2. The van der Waals surface area contributed by atoms with Gasteiger partial charge in [0.05, 0.1) is 32.9 Å². The molecule has 0 aliphatic heterocycles. The van der Waals surface area contributed by atoms with E-state index in [4.69, 9.17) is 5.11 Å². The number of fused-ring (bicyclic) bond motifs is 1. The molecule has 0 saturated heterocycles. The van der Waals surface area contributed by atoms with Crippen molar-refractivity contribution in [3.63, 3.8) is 0 Å². The number of benzene rings is 2. The highest BCUT2D eigenvalue weighted by atomic mass is 32.2. The number of thioether (sulfide) groups is 1. The van der Waals surface area contributed by atoms with E-state index in [-0.39, 0.29) is 12.3 Å². The van der Waals surface area contributed by atoms with Gasteiger partial charge in [-0.2, -0.15) is 5.10 Å². The van der Waals surface area contributed by atoms with Crippen molar-refractivity contribution in [1.29, 1.82) is 0 Å². The Morgan fingerprint density at radius 1 is 1.36 bits per heavy atom. The van der Waals surface area contributed by atoms with Crippen LogP contribution in [0.2, 0.25) is 0 Å². The maximum atomic E-state index is 11.2. The molecule has 0 radical (unpaired) electrons. The minimum atomic E-state index is -0.433. The zero-order valence-electron chi connectivity index (χ0n) is 13.0. The van der Waals surface area contributed by atoms with Gasteiger partial charge in [0, 0.05) is 17.4 Å². The van der Waals surface area contributed by atoms with E-state index in [1.807, 2.05) is 24.3 Å². The van der Waals surface area contributed by atoms with Crippen LogP contribution in [0.25, 0.3) is 10.2 Å². The van der Waals surface area contributed by atoms with Gasteiger partial charge in [0.1, 0.15) is 0 Å². The van der Waals surface area contributed by atoms with E-state index in [0.29, 0.717) is 21.3 Å². The molecule has 0 fully saturated rings. The van der Waals surface area contributed by atoms with Gasteiger partial charge in [-0.15, -0.1) is 11.8 Å². The van der Waals surface area contributed by atoms with Crippen LogP contribution >= 0.6 is 23.1 Å². The van der Waals surface area contributed by atoms with E-state index in [1.165, 1.54) is 35.4 Å². The number of thiazole rings is 1. The summed E-state index contributed by atoms with van der Waals surface area (Å²) in [5.41, 5.74) is 4.35. The van der Waals surface area contributed by atoms with Gasteiger partial charge in [0.25, 0.3) is 5.69 Å². The van der Waals surface area contributed by atoms with Gasteiger partial charge in [-0.3, -0.25) is 15.5 Å². The average Bonchev–Trinajstić information content (AvgIpc) is 3.03. The number of nitro groups is 1. The second-order valence-electron chi connectivity index (χ2n) is 4.91. The molecule has 2 N–H and O–H groups in total. The van der Waals surface area contributed by atoms with Gasteiger partial charge in [-0.1, -0.05) is 29.5 Å². The number of rotatable bonds is 7. The first kappa shape index (κ1) is 17.3. The van der Waals surface area contributed by atoms with Crippen LogP contribution in [0.5, 0.6) is 0 Å². The van der Waals surface area contributed by atoms with Gasteiger partial charge >= 0.3 is 0 Å². The van der Waals surface area contributed by atoms with Crippen LogP contribution in [-0.4, -0.2) is 33.6 Å². The van der Waals surface area contributed by atoms with E-state index in [2.05, 4.69) is 15.5 Å². The molecular weight excluding hydrogens is 360 g/mol. The molecular formula is C16H14N4O3S2. The lowest BCUT2D eigenvalue weighted by Gasteiger charge is -2.02. The smallest absolute Gasteiger partial charge is 0.283 e. The fraction of sp³-hybridized carbons (Fsp3) is 0.125. The molecule has 3 rings (SSSR count). The van der Waals surface area contributed by atoms with Gasteiger partial charge in [-0.25, -0.2) is 4.98 Å². The molecule has 3 aromatic rings. The van der Waals surface area contributed by atoms with Crippen LogP contribution in [-0.2, 0) is 0 Å². The van der Waals surface area contributed by atoms with Crippen molar-refractivity contribution >= 4 is 50.3 Å². The lowest BCUT2D eigenvalue weighted by molar-refractivity contribution is -0.387. The first-order valence-electron chi connectivity index (χ1n) is 7.34. The summed E-state index contributed by atoms with van der Waals surface area (Å²) < 4.78 is 1.06. The number of hydrogen-bond acceptors (Lipinski definition) is 8. The summed E-state index contributed by atoms with van der Waals surface area (Å²) in [6, 6.07) is 12.6. The van der Waals surface area contributed by atoms with Crippen LogP contribution in [0, 0.1) is 10.1 Å². The number of aromatic nitrogens is 1. The Hall–Kier alpha value is -2.49. The molecule has 2 aromatic carbocycles. The number of aliphatic hydroxyl groups is 1. The molecule has 1 heterocycles. The largest absolute Gasteiger partial charge is 0.396 e. The second kappa shape index (κ2) is 8.06. The van der Waals surface area contributed by atoms with E-state index in [0.717, 1.165) is 10.2 Å². The Balaban J connectivity index is 1.74. The number of hydrazone groups is 1. The zero-order chi connectivity index (χ0) is 17.6. The van der Waals surface area contributed by atoms with E-state index in [9.17, 15) is 10.1 Å². The van der Waals surface area contributed by atoms with Crippen LogP contribution in [0.15, 0.2) is 52.5 Å². The second-order valence-corrected chi connectivity index (χ2v) is 7.08. The summed E-state index contributed by atoms with van der Waals surface area (Å²) in [6.07, 6.45) is 1.51.